The lowest BCUT2D eigenvalue weighted by Gasteiger charge is -2.31. The fourth-order valence-corrected chi connectivity index (χ4v) is 5.14. The smallest absolute Gasteiger partial charge is 0.254 e. The maximum absolute atomic E-state index is 12.9. The zero-order valence-corrected chi connectivity index (χ0v) is 16.9. The van der Waals surface area contributed by atoms with E-state index in [1.165, 1.54) is 35.4 Å². The number of ketones is 2. The topological polar surface area (TPSA) is 129 Å². The molecule has 1 saturated heterocycles. The predicted molar refractivity (Wildman–Crippen MR) is 107 cm³/mol. The van der Waals surface area contributed by atoms with Crippen LogP contribution in [0.1, 0.15) is 55.0 Å². The highest BCUT2D eigenvalue weighted by Crippen LogP contribution is 2.37. The second kappa shape index (κ2) is 6.94. The first kappa shape index (κ1) is 20.1. The summed E-state index contributed by atoms with van der Waals surface area (Å²) in [4.78, 5) is 40.1. The predicted octanol–water partition coefficient (Wildman–Crippen LogP) is 1.52. The van der Waals surface area contributed by atoms with Crippen molar-refractivity contribution in [3.05, 3.63) is 58.1 Å². The Hall–Kier alpha value is -3.20. The van der Waals surface area contributed by atoms with Crippen LogP contribution in [0.3, 0.4) is 0 Å². The Morgan fingerprint density at radius 3 is 2.23 bits per heavy atom. The van der Waals surface area contributed by atoms with Crippen LogP contribution >= 0.6 is 0 Å². The highest BCUT2D eigenvalue weighted by atomic mass is 32.2. The van der Waals surface area contributed by atoms with E-state index in [9.17, 15) is 33.0 Å². The number of carbonyl (C=O) groups excluding carboxylic acids is 3. The molecule has 2 aromatic rings. The Morgan fingerprint density at radius 2 is 1.60 bits per heavy atom. The molecule has 0 bridgehead atoms. The normalized spacial score (nSPS) is 16.9. The summed E-state index contributed by atoms with van der Waals surface area (Å²) in [6, 6.07) is 6.52. The molecule has 4 rings (SSSR count). The summed E-state index contributed by atoms with van der Waals surface area (Å²) >= 11 is 0. The first-order valence-electron chi connectivity index (χ1n) is 9.36. The van der Waals surface area contributed by atoms with Crippen molar-refractivity contribution in [1.82, 2.24) is 4.90 Å². The number of hydrogen-bond donors (Lipinski definition) is 2. The molecule has 2 aliphatic rings. The van der Waals surface area contributed by atoms with E-state index in [0.29, 0.717) is 12.8 Å². The Bertz CT molecular complexity index is 1210. The van der Waals surface area contributed by atoms with Gasteiger partial charge >= 0.3 is 0 Å². The number of fused-ring (bicyclic) bond motifs is 2. The van der Waals surface area contributed by atoms with Gasteiger partial charge in [-0.05, 0) is 31.0 Å². The number of phenols is 2. The molecule has 9 heteroatoms. The van der Waals surface area contributed by atoms with Gasteiger partial charge in [0.25, 0.3) is 5.91 Å². The van der Waals surface area contributed by atoms with E-state index in [1.54, 1.807) is 0 Å². The molecule has 0 saturated carbocycles. The summed E-state index contributed by atoms with van der Waals surface area (Å²) in [7, 11) is -3.18. The Kier molecular flexibility index (Phi) is 4.65. The minimum Gasteiger partial charge on any atom is -0.507 e. The molecule has 1 heterocycles. The van der Waals surface area contributed by atoms with E-state index in [1.807, 2.05) is 0 Å². The number of phenolic OH excluding ortho intramolecular Hbond substituents is 2. The molecule has 156 valence electrons. The lowest BCUT2D eigenvalue weighted by atomic mass is 9.82. The molecule has 2 aromatic carbocycles. The lowest BCUT2D eigenvalue weighted by molar-refractivity contribution is 0.0724. The van der Waals surface area contributed by atoms with Gasteiger partial charge in [0.1, 0.15) is 21.3 Å². The zero-order valence-electron chi connectivity index (χ0n) is 16.1. The van der Waals surface area contributed by atoms with E-state index in [2.05, 4.69) is 0 Å². The Labute approximate surface area is 172 Å². The first-order valence-corrected chi connectivity index (χ1v) is 11.3. The first-order chi connectivity index (χ1) is 14.1. The maximum Gasteiger partial charge on any atom is 0.254 e. The number of carbonyl (C=O) groups is 3. The number of aromatic hydroxyl groups is 2. The van der Waals surface area contributed by atoms with Crippen LogP contribution in [-0.4, -0.2) is 65.6 Å². The quantitative estimate of drug-likeness (QED) is 0.632. The number of piperidine rings is 1. The fourth-order valence-electron chi connectivity index (χ4n) is 4.08. The zero-order chi connectivity index (χ0) is 21.8. The van der Waals surface area contributed by atoms with Crippen LogP contribution in [0.5, 0.6) is 11.5 Å². The largest absolute Gasteiger partial charge is 0.507 e. The van der Waals surface area contributed by atoms with Crippen molar-refractivity contribution in [2.24, 2.45) is 0 Å². The molecule has 2 N–H and O–H groups in total. The monoisotopic (exact) mass is 429 g/mol. The summed E-state index contributed by atoms with van der Waals surface area (Å²) in [5.74, 6) is -2.60. The van der Waals surface area contributed by atoms with Gasteiger partial charge in [-0.1, -0.05) is 12.1 Å². The molecule has 1 amide bonds. The number of nitrogens with zero attached hydrogens (tertiary/aromatic N) is 1. The highest BCUT2D eigenvalue weighted by molar-refractivity contribution is 7.91. The van der Waals surface area contributed by atoms with Gasteiger partial charge in [-0.15, -0.1) is 0 Å². The van der Waals surface area contributed by atoms with Crippen molar-refractivity contribution in [1.29, 1.82) is 0 Å². The average molecular weight is 429 g/mol. The van der Waals surface area contributed by atoms with Gasteiger partial charge in [-0.3, -0.25) is 14.4 Å². The third kappa shape index (κ3) is 3.15. The van der Waals surface area contributed by atoms with Crippen LogP contribution < -0.4 is 0 Å². The molecular weight excluding hydrogens is 410 g/mol. The van der Waals surface area contributed by atoms with Crippen LogP contribution in [-0.2, 0) is 9.84 Å². The molecule has 0 aromatic heterocycles. The van der Waals surface area contributed by atoms with Crippen molar-refractivity contribution in [3.8, 4) is 11.5 Å². The minimum absolute atomic E-state index is 0.00506. The number of amides is 1. The van der Waals surface area contributed by atoms with Crippen LogP contribution in [0.4, 0.5) is 0 Å². The van der Waals surface area contributed by atoms with Crippen LogP contribution in [0.2, 0.25) is 0 Å². The van der Waals surface area contributed by atoms with Crippen LogP contribution in [0.15, 0.2) is 30.3 Å². The molecule has 0 atom stereocenters. The molecule has 30 heavy (non-hydrogen) atoms. The number of rotatable bonds is 2. The second-order valence-electron chi connectivity index (χ2n) is 7.60. The standard InChI is InChI=1S/C21H19NO7S/c1-30(28,29)12-5-7-22(8-6-12)21(27)11-9-14-18(16(24)10-11)20(26)17-13(19(14)25)3-2-4-15(17)23/h2-4,9-10,12,23-24H,5-8H2,1H3. The average Bonchev–Trinajstić information content (AvgIpc) is 2.70. The highest BCUT2D eigenvalue weighted by Gasteiger charge is 2.36. The van der Waals surface area contributed by atoms with Gasteiger partial charge in [0.2, 0.25) is 5.78 Å². The molecule has 0 spiro atoms. The third-order valence-corrected chi connectivity index (χ3v) is 7.37. The van der Waals surface area contributed by atoms with E-state index in [-0.39, 0.29) is 46.7 Å². The van der Waals surface area contributed by atoms with Gasteiger partial charge in [0.15, 0.2) is 5.78 Å². The molecule has 0 unspecified atom stereocenters. The van der Waals surface area contributed by atoms with Gasteiger partial charge in [0.05, 0.1) is 16.4 Å². The second-order valence-corrected chi connectivity index (χ2v) is 9.92. The molecule has 0 radical (unpaired) electrons. The van der Waals surface area contributed by atoms with E-state index in [0.717, 1.165) is 6.07 Å². The number of benzene rings is 2. The van der Waals surface area contributed by atoms with Crippen molar-refractivity contribution in [2.75, 3.05) is 19.3 Å². The Balaban J connectivity index is 1.68. The minimum atomic E-state index is -3.18. The van der Waals surface area contributed by atoms with Crippen molar-refractivity contribution in [3.63, 3.8) is 0 Å². The molecular formula is C21H19NO7S. The van der Waals surface area contributed by atoms with Crippen molar-refractivity contribution in [2.45, 2.75) is 18.1 Å². The fraction of sp³-hybridized carbons (Fsp3) is 0.286. The summed E-state index contributed by atoms with van der Waals surface area (Å²) in [6.45, 7) is 0.468. The summed E-state index contributed by atoms with van der Waals surface area (Å²) in [5, 5.41) is 19.9. The number of hydrogen-bond acceptors (Lipinski definition) is 7. The van der Waals surface area contributed by atoms with Crippen LogP contribution in [0, 0.1) is 0 Å². The third-order valence-electron chi connectivity index (χ3n) is 5.69. The SMILES string of the molecule is CS(=O)(=O)C1CCN(C(=O)c2cc(O)c3c(c2)C(=O)c2cccc(O)c2C3=O)CC1. The lowest BCUT2D eigenvalue weighted by Crippen LogP contribution is -2.42. The summed E-state index contributed by atoms with van der Waals surface area (Å²) in [5.41, 5.74) is -0.486. The Morgan fingerprint density at radius 1 is 0.967 bits per heavy atom. The van der Waals surface area contributed by atoms with E-state index < -0.39 is 38.3 Å². The van der Waals surface area contributed by atoms with E-state index >= 15 is 0 Å². The van der Waals surface area contributed by atoms with Crippen molar-refractivity contribution >= 4 is 27.3 Å². The summed E-state index contributed by atoms with van der Waals surface area (Å²) in [6.07, 6.45) is 1.80. The number of sulfone groups is 1. The van der Waals surface area contributed by atoms with Crippen molar-refractivity contribution < 1.29 is 33.0 Å². The molecule has 8 nitrogen and oxygen atoms in total. The van der Waals surface area contributed by atoms with Gasteiger partial charge < -0.3 is 15.1 Å². The molecule has 1 aliphatic carbocycles. The van der Waals surface area contributed by atoms with Gasteiger partial charge in [-0.2, -0.15) is 0 Å². The molecule has 1 aliphatic heterocycles. The van der Waals surface area contributed by atoms with E-state index in [4.69, 9.17) is 0 Å². The molecule has 1 fully saturated rings. The van der Waals surface area contributed by atoms with Crippen LogP contribution in [0.25, 0.3) is 0 Å². The van der Waals surface area contributed by atoms with Gasteiger partial charge in [0, 0.05) is 36.0 Å². The van der Waals surface area contributed by atoms with Gasteiger partial charge in [-0.25, -0.2) is 8.42 Å². The summed E-state index contributed by atoms with van der Waals surface area (Å²) < 4.78 is 23.4. The number of likely N-dealkylation sites (tertiary alicyclic amines) is 1. The maximum atomic E-state index is 12.9.